The lowest BCUT2D eigenvalue weighted by atomic mass is 10.1. The number of hydrogen-bond donors (Lipinski definition) is 2. The van der Waals surface area contributed by atoms with Crippen LogP contribution in [0.1, 0.15) is 29.4 Å². The van der Waals surface area contributed by atoms with Gasteiger partial charge in [0.25, 0.3) is 5.91 Å². The number of carbonyl (C=O) groups is 1. The highest BCUT2D eigenvalue weighted by Crippen LogP contribution is 2.17. The van der Waals surface area contributed by atoms with Crippen molar-refractivity contribution < 1.29 is 4.79 Å². The van der Waals surface area contributed by atoms with Gasteiger partial charge in [0, 0.05) is 6.07 Å². The summed E-state index contributed by atoms with van der Waals surface area (Å²) < 4.78 is 1.75. The Bertz CT molecular complexity index is 638. The first-order valence-corrected chi connectivity index (χ1v) is 7.01. The topological polar surface area (TPSA) is 97.6 Å². The molecule has 1 aliphatic heterocycles. The maximum absolute atomic E-state index is 12.1. The molecule has 2 aromatic rings. The number of nitrogens with zero attached hydrogens (tertiary/aromatic N) is 5. The summed E-state index contributed by atoms with van der Waals surface area (Å²) in [5.41, 5.74) is 0.253. The van der Waals surface area contributed by atoms with E-state index in [-0.39, 0.29) is 22.8 Å². The molecule has 9 heteroatoms. The predicted molar refractivity (Wildman–Crippen MR) is 76.2 cm³/mol. The first kappa shape index (κ1) is 13.9. The van der Waals surface area contributed by atoms with E-state index in [4.69, 9.17) is 11.6 Å². The molecule has 8 nitrogen and oxygen atoms in total. The minimum atomic E-state index is -0.370. The SMILES string of the molecule is O=C(Nc1cc(Cl)ncn1)c1cn(C2CCNCC2)nn1. The number of carbonyl (C=O) groups excluding carboxylic acids is 1. The third-order valence-corrected chi connectivity index (χ3v) is 3.51. The summed E-state index contributed by atoms with van der Waals surface area (Å²) >= 11 is 5.74. The van der Waals surface area contributed by atoms with E-state index < -0.39 is 0 Å². The largest absolute Gasteiger partial charge is 0.317 e. The molecule has 21 heavy (non-hydrogen) atoms. The highest BCUT2D eigenvalue weighted by molar-refractivity contribution is 6.29. The molecule has 0 unspecified atom stereocenters. The Hall–Kier alpha value is -2.06. The molecule has 0 spiro atoms. The summed E-state index contributed by atoms with van der Waals surface area (Å²) in [6.45, 7) is 1.90. The van der Waals surface area contributed by atoms with Crippen molar-refractivity contribution in [2.24, 2.45) is 0 Å². The van der Waals surface area contributed by atoms with E-state index in [1.807, 2.05) is 0 Å². The number of amides is 1. The zero-order chi connectivity index (χ0) is 14.7. The van der Waals surface area contributed by atoms with Crippen molar-refractivity contribution >= 4 is 23.3 Å². The van der Waals surface area contributed by atoms with Crippen LogP contribution in [0.15, 0.2) is 18.6 Å². The van der Waals surface area contributed by atoms with Crippen molar-refractivity contribution in [1.82, 2.24) is 30.3 Å². The van der Waals surface area contributed by atoms with E-state index >= 15 is 0 Å². The van der Waals surface area contributed by atoms with Crippen LogP contribution < -0.4 is 10.6 Å². The second-order valence-corrected chi connectivity index (χ2v) is 5.13. The van der Waals surface area contributed by atoms with Crippen molar-refractivity contribution in [3.8, 4) is 0 Å². The standard InChI is InChI=1S/C12H14ClN7O/c13-10-5-11(16-7-15-10)17-12(21)9-6-20(19-18-9)8-1-3-14-4-2-8/h5-8,14H,1-4H2,(H,15,16,17,21). The minimum Gasteiger partial charge on any atom is -0.317 e. The van der Waals surface area contributed by atoms with Crippen LogP contribution in [0, 0.1) is 0 Å². The third-order valence-electron chi connectivity index (χ3n) is 3.30. The van der Waals surface area contributed by atoms with E-state index in [0.29, 0.717) is 5.82 Å². The van der Waals surface area contributed by atoms with Crippen LogP contribution in [0.25, 0.3) is 0 Å². The molecule has 0 saturated carbocycles. The number of anilines is 1. The molecule has 0 aromatic carbocycles. The molecule has 1 fully saturated rings. The Morgan fingerprint density at radius 3 is 2.95 bits per heavy atom. The quantitative estimate of drug-likeness (QED) is 0.818. The van der Waals surface area contributed by atoms with E-state index in [1.54, 1.807) is 10.9 Å². The van der Waals surface area contributed by atoms with Crippen molar-refractivity contribution in [3.63, 3.8) is 0 Å². The van der Waals surface area contributed by atoms with Crippen molar-refractivity contribution in [1.29, 1.82) is 0 Å². The molecular formula is C12H14ClN7O. The van der Waals surface area contributed by atoms with Gasteiger partial charge >= 0.3 is 0 Å². The summed E-state index contributed by atoms with van der Waals surface area (Å²) in [4.78, 5) is 19.7. The highest BCUT2D eigenvalue weighted by atomic mass is 35.5. The Morgan fingerprint density at radius 2 is 2.19 bits per heavy atom. The monoisotopic (exact) mass is 307 g/mol. The maximum atomic E-state index is 12.1. The van der Waals surface area contributed by atoms with E-state index in [9.17, 15) is 4.79 Å². The number of piperidine rings is 1. The van der Waals surface area contributed by atoms with Gasteiger partial charge in [-0.3, -0.25) is 4.79 Å². The zero-order valence-corrected chi connectivity index (χ0v) is 11.9. The Kier molecular flexibility index (Phi) is 4.07. The number of halogens is 1. The third kappa shape index (κ3) is 3.34. The van der Waals surface area contributed by atoms with Gasteiger partial charge in [-0.05, 0) is 25.9 Å². The molecule has 1 amide bonds. The molecular weight excluding hydrogens is 294 g/mol. The lowest BCUT2D eigenvalue weighted by molar-refractivity contribution is 0.102. The van der Waals surface area contributed by atoms with Crippen molar-refractivity contribution in [2.75, 3.05) is 18.4 Å². The van der Waals surface area contributed by atoms with Gasteiger partial charge < -0.3 is 10.6 Å². The van der Waals surface area contributed by atoms with Crippen LogP contribution in [0.3, 0.4) is 0 Å². The number of rotatable bonds is 3. The Balaban J connectivity index is 1.69. The molecule has 2 N–H and O–H groups in total. The van der Waals surface area contributed by atoms with Crippen LogP contribution in [0.5, 0.6) is 0 Å². The van der Waals surface area contributed by atoms with E-state index in [2.05, 4.69) is 30.9 Å². The van der Waals surface area contributed by atoms with Gasteiger partial charge in [-0.25, -0.2) is 14.6 Å². The lowest BCUT2D eigenvalue weighted by Crippen LogP contribution is -2.29. The van der Waals surface area contributed by atoms with Crippen LogP contribution in [-0.2, 0) is 0 Å². The molecule has 2 aromatic heterocycles. The lowest BCUT2D eigenvalue weighted by Gasteiger charge is -2.22. The summed E-state index contributed by atoms with van der Waals surface area (Å²) in [5, 5.41) is 14.1. The predicted octanol–water partition coefficient (Wildman–Crippen LogP) is 0.898. The fraction of sp³-hybridized carbons (Fsp3) is 0.417. The minimum absolute atomic E-state index is 0.253. The highest BCUT2D eigenvalue weighted by Gasteiger charge is 2.19. The average Bonchev–Trinajstić information content (AvgIpc) is 2.98. The molecule has 110 valence electrons. The summed E-state index contributed by atoms with van der Waals surface area (Å²) in [5.74, 6) is -0.0404. The molecule has 1 aliphatic rings. The van der Waals surface area contributed by atoms with Gasteiger partial charge in [-0.1, -0.05) is 16.8 Å². The molecule has 0 aliphatic carbocycles. The average molecular weight is 308 g/mol. The van der Waals surface area contributed by atoms with Gasteiger partial charge in [-0.15, -0.1) is 5.10 Å². The number of nitrogens with one attached hydrogen (secondary N) is 2. The molecule has 0 radical (unpaired) electrons. The fourth-order valence-electron chi connectivity index (χ4n) is 2.21. The van der Waals surface area contributed by atoms with E-state index in [1.165, 1.54) is 12.4 Å². The Morgan fingerprint density at radius 1 is 1.38 bits per heavy atom. The molecule has 3 rings (SSSR count). The second-order valence-electron chi connectivity index (χ2n) is 4.75. The molecule has 0 atom stereocenters. The smallest absolute Gasteiger partial charge is 0.278 e. The van der Waals surface area contributed by atoms with Gasteiger partial charge in [-0.2, -0.15) is 0 Å². The number of hydrogen-bond acceptors (Lipinski definition) is 6. The van der Waals surface area contributed by atoms with Gasteiger partial charge in [0.15, 0.2) is 5.69 Å². The molecule has 3 heterocycles. The van der Waals surface area contributed by atoms with Crippen molar-refractivity contribution in [3.05, 3.63) is 29.4 Å². The fourth-order valence-corrected chi connectivity index (χ4v) is 2.36. The van der Waals surface area contributed by atoms with Crippen LogP contribution in [0.4, 0.5) is 5.82 Å². The van der Waals surface area contributed by atoms with E-state index in [0.717, 1.165) is 25.9 Å². The van der Waals surface area contributed by atoms with Crippen LogP contribution >= 0.6 is 11.6 Å². The van der Waals surface area contributed by atoms with Crippen LogP contribution in [-0.4, -0.2) is 44.0 Å². The molecule has 0 bridgehead atoms. The maximum Gasteiger partial charge on any atom is 0.278 e. The zero-order valence-electron chi connectivity index (χ0n) is 11.2. The Labute approximate surface area is 125 Å². The number of aromatic nitrogens is 5. The van der Waals surface area contributed by atoms with Crippen LogP contribution in [0.2, 0.25) is 5.15 Å². The first-order valence-electron chi connectivity index (χ1n) is 6.64. The summed E-state index contributed by atoms with van der Waals surface area (Å²) in [6, 6.07) is 1.75. The van der Waals surface area contributed by atoms with Gasteiger partial charge in [0.2, 0.25) is 0 Å². The van der Waals surface area contributed by atoms with Crippen molar-refractivity contribution in [2.45, 2.75) is 18.9 Å². The second kappa shape index (κ2) is 6.15. The first-order chi connectivity index (χ1) is 10.2. The summed E-state index contributed by atoms with van der Waals surface area (Å²) in [6.07, 6.45) is 4.90. The van der Waals surface area contributed by atoms with Gasteiger partial charge in [0.05, 0.1) is 12.2 Å². The normalized spacial score (nSPS) is 15.9. The van der Waals surface area contributed by atoms with Gasteiger partial charge in [0.1, 0.15) is 17.3 Å². The summed E-state index contributed by atoms with van der Waals surface area (Å²) in [7, 11) is 0. The molecule has 1 saturated heterocycles.